The Kier molecular flexibility index (Phi) is 8.43. The minimum absolute atomic E-state index is 0.112. The number of hydrogen-bond donors (Lipinski definition) is 1. The molecule has 0 bridgehead atoms. The van der Waals surface area contributed by atoms with Crippen molar-refractivity contribution in [2.24, 2.45) is 0 Å². The standard InChI is InChI=1S/C8H17O2SSi/c1-3-9-8(10-12)6-4-5-7(2)11/h7-8,11H,3-6H2,1-2H3. The van der Waals surface area contributed by atoms with Crippen LogP contribution in [-0.2, 0) is 9.16 Å². The Hall–Kier alpha value is 0.487. The maximum atomic E-state index is 5.28. The van der Waals surface area contributed by atoms with Crippen LogP contribution in [0.5, 0.6) is 0 Å². The van der Waals surface area contributed by atoms with Crippen LogP contribution in [-0.4, -0.2) is 28.6 Å². The monoisotopic (exact) mass is 205 g/mol. The Balaban J connectivity index is 3.31. The number of rotatable bonds is 7. The van der Waals surface area contributed by atoms with Gasteiger partial charge in [-0.1, -0.05) is 6.92 Å². The molecule has 0 heterocycles. The van der Waals surface area contributed by atoms with Gasteiger partial charge in [0.25, 0.3) is 0 Å². The summed E-state index contributed by atoms with van der Waals surface area (Å²) in [5.41, 5.74) is 0. The van der Waals surface area contributed by atoms with Crippen molar-refractivity contribution in [3.63, 3.8) is 0 Å². The van der Waals surface area contributed by atoms with Crippen LogP contribution >= 0.6 is 12.6 Å². The van der Waals surface area contributed by atoms with Gasteiger partial charge in [0.2, 0.25) is 10.5 Å². The van der Waals surface area contributed by atoms with Gasteiger partial charge in [-0.2, -0.15) is 12.6 Å². The normalized spacial score (nSPS) is 16.0. The van der Waals surface area contributed by atoms with Crippen molar-refractivity contribution in [3.05, 3.63) is 0 Å². The molecule has 0 fully saturated rings. The first-order valence-electron chi connectivity index (χ1n) is 4.32. The second-order valence-electron chi connectivity index (χ2n) is 2.78. The molecule has 4 heteroatoms. The summed E-state index contributed by atoms with van der Waals surface area (Å²) >= 11 is 4.29. The first-order valence-corrected chi connectivity index (χ1v) is 5.25. The molecule has 2 nitrogen and oxygen atoms in total. The Bertz CT molecular complexity index is 101. The van der Waals surface area contributed by atoms with Crippen LogP contribution in [0.25, 0.3) is 0 Å². The van der Waals surface area contributed by atoms with Crippen LogP contribution in [0.1, 0.15) is 33.1 Å². The lowest BCUT2D eigenvalue weighted by atomic mass is 10.2. The SMILES string of the molecule is CCOC(CCCC(C)S)O[Si]. The minimum atomic E-state index is -0.112. The lowest BCUT2D eigenvalue weighted by molar-refractivity contribution is -0.0770. The summed E-state index contributed by atoms with van der Waals surface area (Å²) in [6.45, 7) is 4.73. The number of hydrogen-bond acceptors (Lipinski definition) is 3. The van der Waals surface area contributed by atoms with Crippen LogP contribution < -0.4 is 0 Å². The van der Waals surface area contributed by atoms with Crippen molar-refractivity contribution in [1.29, 1.82) is 0 Å². The van der Waals surface area contributed by atoms with E-state index in [0.29, 0.717) is 11.9 Å². The molecule has 71 valence electrons. The molecule has 0 aromatic rings. The Morgan fingerprint density at radius 3 is 2.50 bits per heavy atom. The maximum absolute atomic E-state index is 5.28. The maximum Gasteiger partial charge on any atom is 0.249 e. The summed E-state index contributed by atoms with van der Waals surface area (Å²) in [5.74, 6) is 0. The lowest BCUT2D eigenvalue weighted by Gasteiger charge is -2.15. The third-order valence-corrected chi connectivity index (χ3v) is 2.07. The zero-order chi connectivity index (χ0) is 9.40. The van der Waals surface area contributed by atoms with Crippen LogP contribution in [0.2, 0.25) is 0 Å². The largest absolute Gasteiger partial charge is 0.394 e. The molecular formula is C8H17O2SSi. The van der Waals surface area contributed by atoms with Crippen LogP contribution in [0, 0.1) is 0 Å². The Morgan fingerprint density at radius 2 is 2.08 bits per heavy atom. The smallest absolute Gasteiger partial charge is 0.249 e. The first-order chi connectivity index (χ1) is 5.70. The summed E-state index contributed by atoms with van der Waals surface area (Å²) in [6, 6.07) is 0. The fourth-order valence-corrected chi connectivity index (χ4v) is 1.31. The average Bonchev–Trinajstić information content (AvgIpc) is 2.02. The molecule has 3 radical (unpaired) electrons. The Morgan fingerprint density at radius 1 is 1.42 bits per heavy atom. The fraction of sp³-hybridized carbons (Fsp3) is 1.00. The van der Waals surface area contributed by atoms with E-state index >= 15 is 0 Å². The van der Waals surface area contributed by atoms with Crippen molar-refractivity contribution in [2.45, 2.75) is 44.6 Å². The van der Waals surface area contributed by atoms with E-state index in [2.05, 4.69) is 30.0 Å². The first kappa shape index (κ1) is 12.5. The highest BCUT2D eigenvalue weighted by Gasteiger charge is 2.05. The van der Waals surface area contributed by atoms with Gasteiger partial charge in [0, 0.05) is 6.61 Å². The van der Waals surface area contributed by atoms with Gasteiger partial charge in [-0.05, 0) is 31.4 Å². The predicted molar refractivity (Wildman–Crippen MR) is 54.6 cm³/mol. The van der Waals surface area contributed by atoms with Crippen LogP contribution in [0.4, 0.5) is 0 Å². The van der Waals surface area contributed by atoms with Crippen LogP contribution in [0.3, 0.4) is 0 Å². The molecule has 0 aromatic heterocycles. The van der Waals surface area contributed by atoms with Crippen molar-refractivity contribution in [1.82, 2.24) is 0 Å². The molecule has 2 unspecified atom stereocenters. The second kappa shape index (κ2) is 8.10. The summed E-state index contributed by atoms with van der Waals surface area (Å²) in [5, 5.41) is 0.460. The van der Waals surface area contributed by atoms with Crippen molar-refractivity contribution in [2.75, 3.05) is 6.61 Å². The van der Waals surface area contributed by atoms with Gasteiger partial charge < -0.3 is 9.16 Å². The van der Waals surface area contributed by atoms with E-state index in [4.69, 9.17) is 9.16 Å². The molecule has 0 aliphatic carbocycles. The summed E-state index contributed by atoms with van der Waals surface area (Å²) in [6.07, 6.45) is 2.99. The van der Waals surface area contributed by atoms with Crippen molar-refractivity contribution < 1.29 is 9.16 Å². The van der Waals surface area contributed by atoms with E-state index in [0.717, 1.165) is 19.3 Å². The molecule has 0 spiro atoms. The Labute approximate surface area is 84.0 Å². The molecule has 0 saturated carbocycles. The van der Waals surface area contributed by atoms with Crippen LogP contribution in [0.15, 0.2) is 0 Å². The third kappa shape index (κ3) is 7.15. The summed E-state index contributed by atoms with van der Waals surface area (Å²) in [7, 11) is 2.99. The molecule has 0 aromatic carbocycles. The quantitative estimate of drug-likeness (QED) is 0.389. The molecule has 0 rings (SSSR count). The summed E-state index contributed by atoms with van der Waals surface area (Å²) < 4.78 is 10.2. The van der Waals surface area contributed by atoms with E-state index in [1.54, 1.807) is 0 Å². The molecule has 0 saturated heterocycles. The zero-order valence-electron chi connectivity index (χ0n) is 7.75. The molecule has 0 aliphatic heterocycles. The highest BCUT2D eigenvalue weighted by molar-refractivity contribution is 7.80. The number of thiol groups is 1. The molecule has 0 aliphatic rings. The topological polar surface area (TPSA) is 18.5 Å². The van der Waals surface area contributed by atoms with E-state index in [9.17, 15) is 0 Å². The molecule has 0 amide bonds. The van der Waals surface area contributed by atoms with Gasteiger partial charge >= 0.3 is 0 Å². The highest BCUT2D eigenvalue weighted by atomic mass is 32.1. The van der Waals surface area contributed by atoms with E-state index in [-0.39, 0.29) is 6.29 Å². The zero-order valence-corrected chi connectivity index (χ0v) is 9.64. The molecule has 0 N–H and O–H groups in total. The van der Waals surface area contributed by atoms with E-state index in [1.807, 2.05) is 6.92 Å². The number of ether oxygens (including phenoxy) is 1. The van der Waals surface area contributed by atoms with Crippen molar-refractivity contribution in [3.8, 4) is 0 Å². The highest BCUT2D eigenvalue weighted by Crippen LogP contribution is 2.10. The predicted octanol–water partition coefficient (Wildman–Crippen LogP) is 1.94. The lowest BCUT2D eigenvalue weighted by Crippen LogP contribution is -2.16. The molecule has 2 atom stereocenters. The molecule has 12 heavy (non-hydrogen) atoms. The van der Waals surface area contributed by atoms with Crippen molar-refractivity contribution >= 4 is 23.1 Å². The van der Waals surface area contributed by atoms with E-state index < -0.39 is 0 Å². The van der Waals surface area contributed by atoms with Gasteiger partial charge in [-0.15, -0.1) is 0 Å². The van der Waals surface area contributed by atoms with Gasteiger partial charge in [-0.3, -0.25) is 0 Å². The van der Waals surface area contributed by atoms with E-state index in [1.165, 1.54) is 0 Å². The van der Waals surface area contributed by atoms with Gasteiger partial charge in [0.15, 0.2) is 0 Å². The average molecular weight is 205 g/mol. The van der Waals surface area contributed by atoms with Gasteiger partial charge in [0.05, 0.1) is 0 Å². The second-order valence-corrected chi connectivity index (χ2v) is 3.90. The van der Waals surface area contributed by atoms with Gasteiger partial charge in [-0.25, -0.2) is 0 Å². The molecular weight excluding hydrogens is 188 g/mol. The summed E-state index contributed by atoms with van der Waals surface area (Å²) in [4.78, 5) is 0. The van der Waals surface area contributed by atoms with Gasteiger partial charge in [0.1, 0.15) is 6.29 Å². The fourth-order valence-electron chi connectivity index (χ4n) is 0.942. The minimum Gasteiger partial charge on any atom is -0.394 e. The third-order valence-electron chi connectivity index (χ3n) is 1.55.